The molecule has 1 rings (SSSR count). The number of aromatic nitrogens is 1. The number of nitrogens with zero attached hydrogens (tertiary/aromatic N) is 2. The number of hydrogen-bond donors (Lipinski definition) is 2. The number of pyridine rings is 1. The van der Waals surface area contributed by atoms with Gasteiger partial charge in [0.05, 0.1) is 15.4 Å². The number of carbonyl (C=O) groups is 1. The van der Waals surface area contributed by atoms with E-state index in [9.17, 15) is 20.0 Å². The lowest BCUT2D eigenvalue weighted by Gasteiger charge is -2.39. The lowest BCUT2D eigenvalue weighted by atomic mass is 9.74. The standard InChI is InChI=1S/C12H16ClN3O4/c1-11(2,10(17)18)12(3,4)15-9-8(16(19)20)5-7(13)6-14-9/h5-6H,1-4H3,(H,14,15)(H,17,18). The minimum Gasteiger partial charge on any atom is -0.481 e. The van der Waals surface area contributed by atoms with Gasteiger partial charge < -0.3 is 10.4 Å². The van der Waals surface area contributed by atoms with Gasteiger partial charge in [0, 0.05) is 17.8 Å². The normalized spacial score (nSPS) is 12.1. The monoisotopic (exact) mass is 301 g/mol. The first kappa shape index (κ1) is 16.2. The van der Waals surface area contributed by atoms with Gasteiger partial charge >= 0.3 is 11.7 Å². The van der Waals surface area contributed by atoms with Gasteiger partial charge in [0.15, 0.2) is 0 Å². The number of hydrogen-bond acceptors (Lipinski definition) is 5. The van der Waals surface area contributed by atoms with Gasteiger partial charge in [0.25, 0.3) is 0 Å². The van der Waals surface area contributed by atoms with Crippen LogP contribution in [0.2, 0.25) is 5.02 Å². The Hall–Kier alpha value is -1.89. The van der Waals surface area contributed by atoms with Gasteiger partial charge in [-0.1, -0.05) is 11.6 Å². The molecule has 0 bridgehead atoms. The molecule has 0 saturated heterocycles. The first-order valence-corrected chi connectivity index (χ1v) is 6.18. The van der Waals surface area contributed by atoms with Gasteiger partial charge in [0.2, 0.25) is 5.82 Å². The zero-order valence-electron chi connectivity index (χ0n) is 11.6. The van der Waals surface area contributed by atoms with E-state index in [0.717, 1.165) is 0 Å². The van der Waals surface area contributed by atoms with Crippen LogP contribution in [0.4, 0.5) is 11.5 Å². The number of rotatable bonds is 5. The topological polar surface area (TPSA) is 105 Å². The van der Waals surface area contributed by atoms with E-state index >= 15 is 0 Å². The van der Waals surface area contributed by atoms with Crippen molar-refractivity contribution in [2.75, 3.05) is 5.32 Å². The summed E-state index contributed by atoms with van der Waals surface area (Å²) >= 11 is 5.68. The Morgan fingerprint density at radius 1 is 1.45 bits per heavy atom. The Morgan fingerprint density at radius 3 is 2.45 bits per heavy atom. The van der Waals surface area contributed by atoms with E-state index in [4.69, 9.17) is 11.6 Å². The predicted molar refractivity (Wildman–Crippen MR) is 75.0 cm³/mol. The molecule has 0 fully saturated rings. The van der Waals surface area contributed by atoms with E-state index in [1.54, 1.807) is 13.8 Å². The second-order valence-electron chi connectivity index (χ2n) is 5.46. The fraction of sp³-hybridized carbons (Fsp3) is 0.500. The summed E-state index contributed by atoms with van der Waals surface area (Å²) in [4.78, 5) is 25.6. The molecule has 20 heavy (non-hydrogen) atoms. The van der Waals surface area contributed by atoms with Gasteiger partial charge in [-0.2, -0.15) is 0 Å². The Balaban J connectivity index is 3.22. The lowest BCUT2D eigenvalue weighted by Crippen LogP contribution is -2.50. The Kier molecular flexibility index (Phi) is 4.24. The van der Waals surface area contributed by atoms with Crippen LogP contribution in [0.1, 0.15) is 27.7 Å². The molecule has 8 heteroatoms. The summed E-state index contributed by atoms with van der Waals surface area (Å²) in [6, 6.07) is 1.17. The van der Waals surface area contributed by atoms with Gasteiger partial charge in [-0.15, -0.1) is 0 Å². The van der Waals surface area contributed by atoms with E-state index in [0.29, 0.717) is 0 Å². The second-order valence-corrected chi connectivity index (χ2v) is 5.89. The van der Waals surface area contributed by atoms with Crippen molar-refractivity contribution in [2.45, 2.75) is 33.2 Å². The molecule has 0 spiro atoms. The van der Waals surface area contributed by atoms with Crippen molar-refractivity contribution in [2.24, 2.45) is 5.41 Å². The molecule has 0 aliphatic carbocycles. The number of carboxylic acids is 1. The molecule has 0 amide bonds. The summed E-state index contributed by atoms with van der Waals surface area (Å²) in [5.74, 6) is -1.04. The summed E-state index contributed by atoms with van der Waals surface area (Å²) in [5, 5.41) is 23.2. The molecule has 110 valence electrons. The number of anilines is 1. The lowest BCUT2D eigenvalue weighted by molar-refractivity contribution is -0.384. The van der Waals surface area contributed by atoms with Crippen molar-refractivity contribution in [1.29, 1.82) is 0 Å². The second kappa shape index (κ2) is 5.24. The van der Waals surface area contributed by atoms with Crippen molar-refractivity contribution in [3.63, 3.8) is 0 Å². The van der Waals surface area contributed by atoms with Gasteiger partial charge in [-0.25, -0.2) is 4.98 Å². The molecule has 0 aliphatic rings. The molecule has 1 heterocycles. The number of carboxylic acid groups (broad SMARTS) is 1. The Morgan fingerprint density at radius 2 is 2.00 bits per heavy atom. The fourth-order valence-corrected chi connectivity index (χ4v) is 1.54. The van der Waals surface area contributed by atoms with Crippen molar-refractivity contribution < 1.29 is 14.8 Å². The number of halogens is 1. The molecule has 0 aliphatic heterocycles. The van der Waals surface area contributed by atoms with E-state index in [1.165, 1.54) is 26.1 Å². The van der Waals surface area contributed by atoms with Crippen LogP contribution in [-0.4, -0.2) is 26.5 Å². The molecule has 1 aromatic heterocycles. The summed E-state index contributed by atoms with van der Waals surface area (Å²) < 4.78 is 0. The number of nitro groups is 1. The average Bonchev–Trinajstić information content (AvgIpc) is 2.30. The number of nitrogens with one attached hydrogen (secondary N) is 1. The molecular weight excluding hydrogens is 286 g/mol. The van der Waals surface area contributed by atoms with Crippen LogP contribution < -0.4 is 5.32 Å². The maximum atomic E-state index is 11.3. The third-order valence-corrected chi connectivity index (χ3v) is 3.77. The van der Waals surface area contributed by atoms with Crippen LogP contribution in [-0.2, 0) is 4.79 Å². The van der Waals surface area contributed by atoms with Crippen molar-refractivity contribution >= 4 is 29.1 Å². The van der Waals surface area contributed by atoms with Crippen molar-refractivity contribution in [3.05, 3.63) is 27.4 Å². The highest BCUT2D eigenvalue weighted by molar-refractivity contribution is 6.30. The number of aliphatic carboxylic acids is 1. The van der Waals surface area contributed by atoms with Crippen LogP contribution in [0.15, 0.2) is 12.3 Å². The van der Waals surface area contributed by atoms with Crippen LogP contribution in [0.25, 0.3) is 0 Å². The van der Waals surface area contributed by atoms with Crippen LogP contribution in [0.5, 0.6) is 0 Å². The Labute approximate surface area is 121 Å². The summed E-state index contributed by atoms with van der Waals surface area (Å²) in [5.41, 5.74) is -2.43. The van der Waals surface area contributed by atoms with Gasteiger partial charge in [-0.3, -0.25) is 14.9 Å². The molecule has 0 saturated carbocycles. The predicted octanol–water partition coefficient (Wildman–Crippen LogP) is 2.94. The summed E-state index contributed by atoms with van der Waals surface area (Å²) in [6.07, 6.45) is 1.26. The van der Waals surface area contributed by atoms with Crippen LogP contribution in [0, 0.1) is 15.5 Å². The fourth-order valence-electron chi connectivity index (χ4n) is 1.38. The first-order chi connectivity index (χ1) is 8.99. The highest BCUT2D eigenvalue weighted by Crippen LogP contribution is 2.36. The van der Waals surface area contributed by atoms with Crippen LogP contribution in [0.3, 0.4) is 0 Å². The molecule has 2 N–H and O–H groups in total. The minimum atomic E-state index is -1.16. The largest absolute Gasteiger partial charge is 0.481 e. The molecule has 0 aromatic carbocycles. The molecule has 0 radical (unpaired) electrons. The van der Waals surface area contributed by atoms with E-state index in [2.05, 4.69) is 10.3 Å². The SMILES string of the molecule is CC(C)(Nc1ncc(Cl)cc1[N+](=O)[O-])C(C)(C)C(=O)O. The zero-order valence-corrected chi connectivity index (χ0v) is 12.4. The highest BCUT2D eigenvalue weighted by atomic mass is 35.5. The molecule has 0 unspecified atom stereocenters. The maximum Gasteiger partial charge on any atom is 0.312 e. The third kappa shape index (κ3) is 2.98. The average molecular weight is 302 g/mol. The minimum absolute atomic E-state index is 0.0151. The van der Waals surface area contributed by atoms with E-state index in [-0.39, 0.29) is 16.5 Å². The van der Waals surface area contributed by atoms with Crippen molar-refractivity contribution in [3.8, 4) is 0 Å². The van der Waals surface area contributed by atoms with E-state index < -0.39 is 21.8 Å². The van der Waals surface area contributed by atoms with Crippen molar-refractivity contribution in [1.82, 2.24) is 4.98 Å². The molecule has 7 nitrogen and oxygen atoms in total. The first-order valence-electron chi connectivity index (χ1n) is 5.80. The van der Waals surface area contributed by atoms with Crippen LogP contribution >= 0.6 is 11.6 Å². The quantitative estimate of drug-likeness (QED) is 0.640. The summed E-state index contributed by atoms with van der Waals surface area (Å²) in [7, 11) is 0. The van der Waals surface area contributed by atoms with Gasteiger partial charge in [0.1, 0.15) is 0 Å². The van der Waals surface area contributed by atoms with E-state index in [1.807, 2.05) is 0 Å². The Bertz CT molecular complexity index is 558. The third-order valence-electron chi connectivity index (χ3n) is 3.56. The zero-order chi connectivity index (χ0) is 15.7. The van der Waals surface area contributed by atoms with Gasteiger partial charge in [-0.05, 0) is 27.7 Å². The smallest absolute Gasteiger partial charge is 0.312 e. The molecule has 0 atom stereocenters. The molecular formula is C12H16ClN3O4. The highest BCUT2D eigenvalue weighted by Gasteiger charge is 2.44. The maximum absolute atomic E-state index is 11.3. The summed E-state index contributed by atoms with van der Waals surface area (Å²) in [6.45, 7) is 6.34. The molecule has 1 aromatic rings.